The van der Waals surface area contributed by atoms with E-state index in [1.165, 1.54) is 0 Å². The number of amides is 1. The van der Waals surface area contributed by atoms with Crippen LogP contribution in [0.15, 0.2) is 6.07 Å². The van der Waals surface area contributed by atoms with E-state index < -0.39 is 0 Å². The normalized spacial score (nSPS) is 12.6. The van der Waals surface area contributed by atoms with Crippen LogP contribution >= 0.6 is 0 Å². The van der Waals surface area contributed by atoms with Crippen LogP contribution in [0, 0.1) is 5.41 Å². The van der Waals surface area contributed by atoms with Crippen LogP contribution in [0.5, 0.6) is 0 Å². The number of hydrogen-bond donors (Lipinski definition) is 2. The molecule has 1 aromatic rings. The fourth-order valence-corrected chi connectivity index (χ4v) is 2.40. The molecule has 1 aromatic heterocycles. The highest BCUT2D eigenvalue weighted by molar-refractivity contribution is 5.92. The molecule has 4 nitrogen and oxygen atoms in total. The van der Waals surface area contributed by atoms with Crippen LogP contribution < -0.4 is 5.32 Å². The molecule has 0 atom stereocenters. The number of nitrogens with zero attached hydrogens (tertiary/aromatic N) is 1. The second-order valence-corrected chi connectivity index (χ2v) is 6.71. The van der Waals surface area contributed by atoms with E-state index in [9.17, 15) is 4.79 Å². The van der Waals surface area contributed by atoms with Gasteiger partial charge in [-0.05, 0) is 38.2 Å². The summed E-state index contributed by atoms with van der Waals surface area (Å²) >= 11 is 0. The maximum absolute atomic E-state index is 12.1. The third-order valence-electron chi connectivity index (χ3n) is 2.67. The van der Waals surface area contributed by atoms with Gasteiger partial charge in [-0.3, -0.25) is 9.89 Å². The fourth-order valence-electron chi connectivity index (χ4n) is 2.40. The minimum atomic E-state index is -0.235. The van der Waals surface area contributed by atoms with Gasteiger partial charge in [0.05, 0.1) is 0 Å². The molecule has 1 heterocycles. The summed E-state index contributed by atoms with van der Waals surface area (Å²) in [5, 5.41) is 9.94. The quantitative estimate of drug-likeness (QED) is 0.864. The summed E-state index contributed by atoms with van der Waals surface area (Å²) in [6.45, 7) is 12.6. The number of rotatable bonds is 4. The van der Waals surface area contributed by atoms with E-state index in [0.717, 1.165) is 18.5 Å². The first kappa shape index (κ1) is 14.7. The Labute approximate surface area is 110 Å². The molecule has 1 amide bonds. The Balaban J connectivity index is 2.69. The van der Waals surface area contributed by atoms with E-state index in [1.54, 1.807) is 0 Å². The summed E-state index contributed by atoms with van der Waals surface area (Å²) in [4.78, 5) is 12.1. The van der Waals surface area contributed by atoms with Gasteiger partial charge in [-0.25, -0.2) is 0 Å². The number of carbonyl (C=O) groups is 1. The van der Waals surface area contributed by atoms with Crippen molar-refractivity contribution in [2.24, 2.45) is 5.41 Å². The van der Waals surface area contributed by atoms with Gasteiger partial charge < -0.3 is 5.32 Å². The maximum atomic E-state index is 12.1. The average Bonchev–Trinajstić information content (AvgIpc) is 2.60. The third-order valence-corrected chi connectivity index (χ3v) is 2.67. The Kier molecular flexibility index (Phi) is 4.20. The zero-order valence-electron chi connectivity index (χ0n) is 12.3. The Morgan fingerprint density at radius 1 is 1.33 bits per heavy atom. The van der Waals surface area contributed by atoms with Crippen molar-refractivity contribution in [1.82, 2.24) is 15.5 Å². The summed E-state index contributed by atoms with van der Waals surface area (Å²) in [7, 11) is 0. The molecular weight excluding hydrogens is 226 g/mol. The summed E-state index contributed by atoms with van der Waals surface area (Å²) < 4.78 is 0. The van der Waals surface area contributed by atoms with Gasteiger partial charge >= 0.3 is 0 Å². The second-order valence-electron chi connectivity index (χ2n) is 6.71. The van der Waals surface area contributed by atoms with Crippen molar-refractivity contribution in [3.8, 4) is 0 Å². The van der Waals surface area contributed by atoms with Crippen LogP contribution in [-0.4, -0.2) is 21.6 Å². The van der Waals surface area contributed by atoms with E-state index in [2.05, 4.69) is 36.3 Å². The summed E-state index contributed by atoms with van der Waals surface area (Å²) in [5.41, 5.74) is 1.39. The molecule has 4 heteroatoms. The lowest BCUT2D eigenvalue weighted by atomic mass is 9.82. The lowest BCUT2D eigenvalue weighted by Gasteiger charge is -2.33. The molecule has 0 spiro atoms. The number of aryl methyl sites for hydroxylation is 1. The predicted molar refractivity (Wildman–Crippen MR) is 73.6 cm³/mol. The first-order valence-corrected chi connectivity index (χ1v) is 6.50. The van der Waals surface area contributed by atoms with Gasteiger partial charge in [0.15, 0.2) is 0 Å². The minimum Gasteiger partial charge on any atom is -0.346 e. The van der Waals surface area contributed by atoms with Crippen molar-refractivity contribution in [3.05, 3.63) is 17.5 Å². The highest BCUT2D eigenvalue weighted by Crippen LogP contribution is 2.26. The molecular formula is C14H25N3O. The van der Waals surface area contributed by atoms with Gasteiger partial charge in [0, 0.05) is 11.2 Å². The molecule has 2 N–H and O–H groups in total. The Morgan fingerprint density at radius 2 is 1.94 bits per heavy atom. The number of aromatic amines is 1. The van der Waals surface area contributed by atoms with Crippen LogP contribution in [0.4, 0.5) is 0 Å². The molecule has 0 saturated carbocycles. The molecule has 0 aliphatic heterocycles. The van der Waals surface area contributed by atoms with E-state index in [0.29, 0.717) is 5.69 Å². The van der Waals surface area contributed by atoms with Crippen molar-refractivity contribution in [3.63, 3.8) is 0 Å². The fraction of sp³-hybridized carbons (Fsp3) is 0.714. The molecule has 18 heavy (non-hydrogen) atoms. The van der Waals surface area contributed by atoms with Crippen molar-refractivity contribution >= 4 is 5.91 Å². The maximum Gasteiger partial charge on any atom is 0.272 e. The molecule has 0 aromatic carbocycles. The third kappa shape index (κ3) is 4.51. The van der Waals surface area contributed by atoms with Gasteiger partial charge in [-0.15, -0.1) is 0 Å². The van der Waals surface area contributed by atoms with Crippen LogP contribution in [0.1, 0.15) is 64.1 Å². The molecule has 1 rings (SSSR count). The molecule has 0 saturated heterocycles. The molecule has 0 radical (unpaired) electrons. The minimum absolute atomic E-state index is 0.111. The number of hydrogen-bond acceptors (Lipinski definition) is 2. The molecule has 0 unspecified atom stereocenters. The first-order chi connectivity index (χ1) is 8.13. The lowest BCUT2D eigenvalue weighted by molar-refractivity contribution is 0.0886. The van der Waals surface area contributed by atoms with Crippen molar-refractivity contribution in [1.29, 1.82) is 0 Å². The van der Waals surface area contributed by atoms with Crippen molar-refractivity contribution < 1.29 is 4.79 Å². The summed E-state index contributed by atoms with van der Waals surface area (Å²) in [6, 6.07) is 1.81. The van der Waals surface area contributed by atoms with Crippen LogP contribution in [0.3, 0.4) is 0 Å². The highest BCUT2D eigenvalue weighted by Gasteiger charge is 2.27. The largest absolute Gasteiger partial charge is 0.346 e. The number of aromatic nitrogens is 2. The van der Waals surface area contributed by atoms with Gasteiger partial charge in [0.1, 0.15) is 5.69 Å². The number of H-pyrrole nitrogens is 1. The number of nitrogens with one attached hydrogen (secondary N) is 2. The molecule has 102 valence electrons. The summed E-state index contributed by atoms with van der Waals surface area (Å²) in [6.07, 6.45) is 1.77. The standard InChI is InChI=1S/C14H25N3O/c1-7-10-8-11(17-16-10)12(18)15-14(5,6)9-13(2,3)4/h8H,7,9H2,1-6H3,(H,15,18)(H,16,17). The Bertz CT molecular complexity index is 413. The summed E-state index contributed by atoms with van der Waals surface area (Å²) in [5.74, 6) is -0.111. The van der Waals surface area contributed by atoms with E-state index >= 15 is 0 Å². The van der Waals surface area contributed by atoms with Crippen molar-refractivity contribution in [2.45, 2.75) is 59.9 Å². The monoisotopic (exact) mass is 251 g/mol. The predicted octanol–water partition coefficient (Wildman–Crippen LogP) is 2.92. The SMILES string of the molecule is CCc1cc(C(=O)NC(C)(C)CC(C)(C)C)n[nH]1. The van der Waals surface area contributed by atoms with E-state index in [1.807, 2.05) is 26.8 Å². The molecule has 0 fully saturated rings. The van der Waals surface area contributed by atoms with Gasteiger partial charge in [-0.1, -0.05) is 27.7 Å². The van der Waals surface area contributed by atoms with E-state index in [4.69, 9.17) is 0 Å². The average molecular weight is 251 g/mol. The smallest absolute Gasteiger partial charge is 0.272 e. The zero-order valence-corrected chi connectivity index (χ0v) is 12.3. The lowest BCUT2D eigenvalue weighted by Crippen LogP contribution is -2.45. The molecule has 0 bridgehead atoms. The van der Waals surface area contributed by atoms with Crippen LogP contribution in [0.25, 0.3) is 0 Å². The molecule has 0 aliphatic carbocycles. The van der Waals surface area contributed by atoms with Crippen molar-refractivity contribution in [2.75, 3.05) is 0 Å². The van der Waals surface area contributed by atoms with Gasteiger partial charge in [0.2, 0.25) is 0 Å². The second kappa shape index (κ2) is 5.12. The Morgan fingerprint density at radius 3 is 2.39 bits per heavy atom. The van der Waals surface area contributed by atoms with Crippen LogP contribution in [0.2, 0.25) is 0 Å². The highest BCUT2D eigenvalue weighted by atomic mass is 16.2. The topological polar surface area (TPSA) is 57.8 Å². The first-order valence-electron chi connectivity index (χ1n) is 6.50. The van der Waals surface area contributed by atoms with Crippen LogP contribution in [-0.2, 0) is 6.42 Å². The number of carbonyl (C=O) groups excluding carboxylic acids is 1. The zero-order chi connectivity index (χ0) is 14.0. The molecule has 0 aliphatic rings. The van der Waals surface area contributed by atoms with Gasteiger partial charge in [-0.2, -0.15) is 5.10 Å². The van der Waals surface area contributed by atoms with Gasteiger partial charge in [0.25, 0.3) is 5.91 Å². The van der Waals surface area contributed by atoms with E-state index in [-0.39, 0.29) is 16.9 Å². The Hall–Kier alpha value is -1.32.